The number of aryl methyl sites for hydroxylation is 1. The average molecular weight is 310 g/mol. The highest BCUT2D eigenvalue weighted by Gasteiger charge is 2.20. The van der Waals surface area contributed by atoms with Crippen LogP contribution in [0.4, 0.5) is 0 Å². The number of nitrogens with one attached hydrogen (secondary N) is 1. The summed E-state index contributed by atoms with van der Waals surface area (Å²) >= 11 is 0. The Balaban J connectivity index is 2.13. The molecule has 1 N–H and O–H groups in total. The van der Waals surface area contributed by atoms with E-state index in [2.05, 4.69) is 4.40 Å². The highest BCUT2D eigenvalue weighted by Crippen LogP contribution is 2.21. The Morgan fingerprint density at radius 1 is 0.955 bits per heavy atom. The maximum Gasteiger partial charge on any atom is 0.282 e. The minimum absolute atomic E-state index is 0.0920. The lowest BCUT2D eigenvalue weighted by atomic mass is 9.94. The van der Waals surface area contributed by atoms with Gasteiger partial charge < -0.3 is 0 Å². The fraction of sp³-hybridized carbons (Fsp3) is 0.0588. The van der Waals surface area contributed by atoms with Gasteiger partial charge in [-0.05, 0) is 30.7 Å². The Kier molecular flexibility index (Phi) is 3.50. The first kappa shape index (κ1) is 14.4. The van der Waals surface area contributed by atoms with Crippen molar-refractivity contribution in [1.82, 2.24) is 0 Å². The van der Waals surface area contributed by atoms with Crippen LogP contribution >= 0.6 is 0 Å². The smallest absolute Gasteiger partial charge is 0.282 e. The first-order chi connectivity index (χ1) is 10.5. The quantitative estimate of drug-likeness (QED) is 0.925. The fourth-order valence-corrected chi connectivity index (χ4v) is 3.26. The van der Waals surface area contributed by atoms with Crippen LogP contribution in [-0.4, -0.2) is 19.8 Å². The van der Waals surface area contributed by atoms with E-state index < -0.39 is 10.0 Å². The number of rotatable bonds is 2. The Morgan fingerprint density at radius 2 is 1.64 bits per heavy atom. The largest absolute Gasteiger partial charge is 0.299 e. The van der Waals surface area contributed by atoms with Crippen LogP contribution in [0.3, 0.4) is 0 Å². The van der Waals surface area contributed by atoms with E-state index in [1.165, 1.54) is 12.1 Å². The molecule has 3 rings (SSSR count). The molecule has 2 aromatic carbocycles. The van der Waals surface area contributed by atoms with Crippen molar-refractivity contribution in [2.45, 2.75) is 11.8 Å². The SMILES string of the molecule is Cc1ccc(S(=O)(=O)N=C2C(=N)C=Cc3ccccc32)cc1. The molecule has 0 saturated carbocycles. The lowest BCUT2D eigenvalue weighted by Crippen LogP contribution is -2.19. The maximum atomic E-state index is 12.5. The van der Waals surface area contributed by atoms with Crippen LogP contribution in [0, 0.1) is 12.3 Å². The van der Waals surface area contributed by atoms with Gasteiger partial charge in [-0.15, -0.1) is 0 Å². The molecule has 0 bridgehead atoms. The normalized spacial score (nSPS) is 15.9. The number of hydrogen-bond acceptors (Lipinski definition) is 3. The van der Waals surface area contributed by atoms with Crippen molar-refractivity contribution >= 4 is 27.5 Å². The molecule has 0 radical (unpaired) electrons. The fourth-order valence-electron chi connectivity index (χ4n) is 2.24. The predicted molar refractivity (Wildman–Crippen MR) is 88.1 cm³/mol. The summed E-state index contributed by atoms with van der Waals surface area (Å²) in [6.45, 7) is 1.89. The van der Waals surface area contributed by atoms with Crippen molar-refractivity contribution in [1.29, 1.82) is 5.41 Å². The molecule has 0 atom stereocenters. The lowest BCUT2D eigenvalue weighted by Gasteiger charge is -2.13. The summed E-state index contributed by atoms with van der Waals surface area (Å²) < 4.78 is 28.8. The van der Waals surface area contributed by atoms with Crippen molar-refractivity contribution in [2.24, 2.45) is 4.40 Å². The molecule has 0 amide bonds. The second kappa shape index (κ2) is 5.35. The van der Waals surface area contributed by atoms with Gasteiger partial charge in [0.05, 0.1) is 10.6 Å². The van der Waals surface area contributed by atoms with E-state index in [4.69, 9.17) is 5.41 Å². The van der Waals surface area contributed by atoms with Crippen molar-refractivity contribution in [2.75, 3.05) is 0 Å². The van der Waals surface area contributed by atoms with Crippen LogP contribution in [0.2, 0.25) is 0 Å². The molecule has 0 fully saturated rings. The van der Waals surface area contributed by atoms with Crippen molar-refractivity contribution in [3.63, 3.8) is 0 Å². The zero-order valence-electron chi connectivity index (χ0n) is 11.9. The van der Waals surface area contributed by atoms with E-state index in [0.717, 1.165) is 11.1 Å². The summed E-state index contributed by atoms with van der Waals surface area (Å²) in [5.41, 5.74) is 2.76. The van der Waals surface area contributed by atoms with E-state index in [9.17, 15) is 8.42 Å². The van der Waals surface area contributed by atoms with Crippen LogP contribution in [0.1, 0.15) is 16.7 Å². The number of fused-ring (bicyclic) bond motifs is 1. The zero-order valence-corrected chi connectivity index (χ0v) is 12.8. The number of nitrogens with zero attached hydrogens (tertiary/aromatic N) is 1. The summed E-state index contributed by atoms with van der Waals surface area (Å²) in [6, 6.07) is 13.8. The van der Waals surface area contributed by atoms with Gasteiger partial charge in [-0.1, -0.05) is 48.0 Å². The van der Waals surface area contributed by atoms with Gasteiger partial charge in [0.1, 0.15) is 5.71 Å². The second-order valence-electron chi connectivity index (χ2n) is 5.06. The van der Waals surface area contributed by atoms with Crippen LogP contribution in [0.5, 0.6) is 0 Å². The summed E-state index contributed by atoms with van der Waals surface area (Å²) in [5.74, 6) is 0. The highest BCUT2D eigenvalue weighted by atomic mass is 32.2. The summed E-state index contributed by atoms with van der Waals surface area (Å²) in [6.07, 6.45) is 3.35. The van der Waals surface area contributed by atoms with Gasteiger partial charge in [-0.2, -0.15) is 12.8 Å². The molecule has 0 spiro atoms. The monoisotopic (exact) mass is 310 g/mol. The lowest BCUT2D eigenvalue weighted by molar-refractivity contribution is 0.598. The van der Waals surface area contributed by atoms with Crippen LogP contribution in [0.15, 0.2) is 63.9 Å². The molecule has 22 heavy (non-hydrogen) atoms. The molecule has 4 nitrogen and oxygen atoms in total. The third-order valence-corrected chi connectivity index (χ3v) is 4.72. The number of benzene rings is 2. The van der Waals surface area contributed by atoms with Gasteiger partial charge in [0.15, 0.2) is 0 Å². The molecule has 0 unspecified atom stereocenters. The van der Waals surface area contributed by atoms with Gasteiger partial charge in [0.25, 0.3) is 10.0 Å². The standard InChI is InChI=1S/C17H14N2O2S/c1-12-6-9-14(10-7-12)22(20,21)19-17-15-5-3-2-4-13(15)8-11-16(17)18/h2-11,18H,1H3. The molecule has 0 saturated heterocycles. The van der Waals surface area contributed by atoms with Crippen molar-refractivity contribution in [3.8, 4) is 0 Å². The van der Waals surface area contributed by atoms with E-state index in [1.54, 1.807) is 36.4 Å². The van der Waals surface area contributed by atoms with E-state index in [1.807, 2.05) is 19.1 Å². The third kappa shape index (κ3) is 2.63. The molecular weight excluding hydrogens is 296 g/mol. The molecule has 1 aliphatic rings. The first-order valence-electron chi connectivity index (χ1n) is 6.75. The average Bonchev–Trinajstić information content (AvgIpc) is 2.50. The molecule has 1 aliphatic carbocycles. The highest BCUT2D eigenvalue weighted by molar-refractivity contribution is 7.90. The molecule has 110 valence electrons. The van der Waals surface area contributed by atoms with E-state index in [0.29, 0.717) is 5.56 Å². The summed E-state index contributed by atoms with van der Waals surface area (Å²) in [5, 5.41) is 7.97. The van der Waals surface area contributed by atoms with Gasteiger partial charge in [-0.3, -0.25) is 5.41 Å². The van der Waals surface area contributed by atoms with Gasteiger partial charge >= 0.3 is 0 Å². The van der Waals surface area contributed by atoms with E-state index in [-0.39, 0.29) is 16.3 Å². The van der Waals surface area contributed by atoms with Crippen LogP contribution < -0.4 is 0 Å². The minimum Gasteiger partial charge on any atom is -0.299 e. The van der Waals surface area contributed by atoms with Gasteiger partial charge in [0, 0.05) is 5.56 Å². The minimum atomic E-state index is -3.84. The number of sulfonamides is 1. The first-order valence-corrected chi connectivity index (χ1v) is 8.19. The number of allylic oxidation sites excluding steroid dienone is 1. The summed E-state index contributed by atoms with van der Waals surface area (Å²) in [4.78, 5) is 0.130. The van der Waals surface area contributed by atoms with Crippen molar-refractivity contribution in [3.05, 3.63) is 71.3 Å². The summed E-state index contributed by atoms with van der Waals surface area (Å²) in [7, 11) is -3.84. The van der Waals surface area contributed by atoms with Gasteiger partial charge in [0.2, 0.25) is 0 Å². The Hall–Kier alpha value is -2.53. The Morgan fingerprint density at radius 3 is 2.36 bits per heavy atom. The molecule has 0 heterocycles. The molecular formula is C17H14N2O2S. The zero-order chi connectivity index (χ0) is 15.7. The second-order valence-corrected chi connectivity index (χ2v) is 6.67. The molecule has 5 heteroatoms. The van der Waals surface area contributed by atoms with Crippen LogP contribution in [-0.2, 0) is 10.0 Å². The van der Waals surface area contributed by atoms with Crippen LogP contribution in [0.25, 0.3) is 6.08 Å². The topological polar surface area (TPSA) is 70.3 Å². The maximum absolute atomic E-state index is 12.5. The molecule has 0 aromatic heterocycles. The Bertz CT molecular complexity index is 908. The molecule has 0 aliphatic heterocycles. The van der Waals surface area contributed by atoms with E-state index >= 15 is 0 Å². The Labute approximate surface area is 129 Å². The van der Waals surface area contributed by atoms with Crippen molar-refractivity contribution < 1.29 is 8.42 Å². The number of hydrogen-bond donors (Lipinski definition) is 1. The third-order valence-electron chi connectivity index (χ3n) is 3.43. The van der Waals surface area contributed by atoms with Gasteiger partial charge in [-0.25, -0.2) is 0 Å². The predicted octanol–water partition coefficient (Wildman–Crippen LogP) is 3.22. The molecule has 2 aromatic rings.